The monoisotopic (exact) mass is 413 g/mol. The van der Waals surface area contributed by atoms with Crippen molar-refractivity contribution in [3.63, 3.8) is 0 Å². The molecule has 28 heavy (non-hydrogen) atoms. The molecule has 3 rings (SSSR count). The predicted molar refractivity (Wildman–Crippen MR) is 98.4 cm³/mol. The van der Waals surface area contributed by atoms with E-state index in [1.165, 1.54) is 44.2 Å². The van der Waals surface area contributed by atoms with E-state index in [9.17, 15) is 18.0 Å². The molecule has 1 amide bonds. The molecule has 9 heteroatoms. The van der Waals surface area contributed by atoms with Gasteiger partial charge in [0.25, 0.3) is 0 Å². The van der Waals surface area contributed by atoms with Crippen LogP contribution >= 0.6 is 11.8 Å². The molecule has 1 aliphatic heterocycles. The van der Waals surface area contributed by atoms with Gasteiger partial charge in [0, 0.05) is 5.56 Å². The highest BCUT2D eigenvalue weighted by Crippen LogP contribution is 2.42. The largest absolute Gasteiger partial charge is 0.573 e. The minimum Gasteiger partial charge on any atom is -0.493 e. The maximum Gasteiger partial charge on any atom is 0.573 e. The average Bonchev–Trinajstić information content (AvgIpc) is 3.01. The van der Waals surface area contributed by atoms with Gasteiger partial charge >= 0.3 is 6.36 Å². The molecule has 5 nitrogen and oxygen atoms in total. The molecule has 1 saturated heterocycles. The smallest absolute Gasteiger partial charge is 0.493 e. The van der Waals surface area contributed by atoms with E-state index in [0.29, 0.717) is 17.1 Å². The Labute approximate surface area is 164 Å². The molecular formula is C19H18F3NO4S. The van der Waals surface area contributed by atoms with Crippen molar-refractivity contribution < 1.29 is 32.2 Å². The number of rotatable bonds is 6. The Bertz CT molecular complexity index is 859. The van der Waals surface area contributed by atoms with Crippen molar-refractivity contribution in [3.8, 4) is 17.2 Å². The topological polar surface area (TPSA) is 48.0 Å². The molecule has 0 saturated carbocycles. The van der Waals surface area contributed by atoms with E-state index in [-0.39, 0.29) is 24.0 Å². The van der Waals surface area contributed by atoms with E-state index in [1.807, 2.05) is 6.07 Å². The summed E-state index contributed by atoms with van der Waals surface area (Å²) in [6.45, 7) is 0.237. The number of benzene rings is 2. The van der Waals surface area contributed by atoms with Gasteiger partial charge < -0.3 is 19.1 Å². The van der Waals surface area contributed by atoms with E-state index in [4.69, 9.17) is 9.47 Å². The van der Waals surface area contributed by atoms with Crippen molar-refractivity contribution in [1.82, 2.24) is 4.90 Å². The predicted octanol–water partition coefficient (Wildman–Crippen LogP) is 4.38. The summed E-state index contributed by atoms with van der Waals surface area (Å²) in [6.07, 6.45) is -4.77. The van der Waals surface area contributed by atoms with Gasteiger partial charge in [0.2, 0.25) is 5.91 Å². The number of hydrogen-bond acceptors (Lipinski definition) is 5. The molecule has 1 atom stereocenters. The number of halogens is 3. The van der Waals surface area contributed by atoms with E-state index < -0.39 is 11.7 Å². The van der Waals surface area contributed by atoms with Gasteiger partial charge in [-0.3, -0.25) is 4.79 Å². The van der Waals surface area contributed by atoms with Crippen LogP contribution in [0.1, 0.15) is 16.5 Å². The first-order valence-corrected chi connectivity index (χ1v) is 9.34. The van der Waals surface area contributed by atoms with Crippen molar-refractivity contribution in [2.45, 2.75) is 18.3 Å². The fraction of sp³-hybridized carbons (Fsp3) is 0.316. The van der Waals surface area contributed by atoms with Crippen molar-refractivity contribution in [2.24, 2.45) is 0 Å². The third-order valence-electron chi connectivity index (χ3n) is 4.17. The van der Waals surface area contributed by atoms with Crippen LogP contribution in [0.25, 0.3) is 0 Å². The molecule has 1 heterocycles. The number of ether oxygens (including phenoxy) is 3. The lowest BCUT2D eigenvalue weighted by Crippen LogP contribution is -2.28. The summed E-state index contributed by atoms with van der Waals surface area (Å²) in [4.78, 5) is 14.1. The van der Waals surface area contributed by atoms with Crippen LogP contribution in [0, 0.1) is 0 Å². The molecule has 150 valence electrons. The van der Waals surface area contributed by atoms with Gasteiger partial charge in [-0.05, 0) is 23.8 Å². The Balaban J connectivity index is 1.88. The number of carbonyl (C=O) groups is 1. The van der Waals surface area contributed by atoms with Crippen molar-refractivity contribution in [1.29, 1.82) is 0 Å². The lowest BCUT2D eigenvalue weighted by atomic mass is 10.1. The molecular weight excluding hydrogens is 395 g/mol. The number of thioether (sulfide) groups is 1. The van der Waals surface area contributed by atoms with E-state index in [1.54, 1.807) is 23.1 Å². The normalized spacial score (nSPS) is 17.0. The molecule has 0 spiro atoms. The molecule has 0 radical (unpaired) electrons. The first kappa shape index (κ1) is 20.2. The highest BCUT2D eigenvalue weighted by atomic mass is 32.2. The second-order valence-electron chi connectivity index (χ2n) is 5.96. The van der Waals surface area contributed by atoms with Crippen molar-refractivity contribution in [2.75, 3.05) is 20.0 Å². The molecule has 1 aliphatic rings. The summed E-state index contributed by atoms with van der Waals surface area (Å²) < 4.78 is 52.2. The van der Waals surface area contributed by atoms with Crippen LogP contribution in [-0.2, 0) is 11.3 Å². The lowest BCUT2D eigenvalue weighted by molar-refractivity contribution is -0.274. The van der Waals surface area contributed by atoms with Crippen LogP contribution in [0.2, 0.25) is 0 Å². The minimum absolute atomic E-state index is 0.109. The Morgan fingerprint density at radius 2 is 1.89 bits per heavy atom. The van der Waals surface area contributed by atoms with Gasteiger partial charge in [0.15, 0.2) is 11.5 Å². The van der Waals surface area contributed by atoms with Gasteiger partial charge in [-0.2, -0.15) is 0 Å². The van der Waals surface area contributed by atoms with E-state index in [0.717, 1.165) is 5.56 Å². The Morgan fingerprint density at radius 3 is 2.57 bits per heavy atom. The van der Waals surface area contributed by atoms with Gasteiger partial charge in [-0.1, -0.05) is 24.3 Å². The zero-order valence-corrected chi connectivity index (χ0v) is 16.0. The van der Waals surface area contributed by atoms with Crippen LogP contribution in [0.5, 0.6) is 17.2 Å². The van der Waals surface area contributed by atoms with E-state index >= 15 is 0 Å². The highest BCUT2D eigenvalue weighted by Gasteiger charge is 2.35. The molecule has 0 aliphatic carbocycles. The molecule has 2 aromatic carbocycles. The number of hydrogen-bond donors (Lipinski definition) is 0. The summed E-state index contributed by atoms with van der Waals surface area (Å²) in [5.41, 5.74) is 1.30. The first-order valence-electron chi connectivity index (χ1n) is 8.29. The van der Waals surface area contributed by atoms with Gasteiger partial charge in [-0.15, -0.1) is 24.9 Å². The Hall–Kier alpha value is -2.55. The van der Waals surface area contributed by atoms with Gasteiger partial charge in [0.1, 0.15) is 11.1 Å². The number of alkyl halides is 3. The summed E-state index contributed by atoms with van der Waals surface area (Å²) >= 11 is 1.35. The second-order valence-corrected chi connectivity index (χ2v) is 7.03. The van der Waals surface area contributed by atoms with Gasteiger partial charge in [-0.25, -0.2) is 0 Å². The standard InChI is InChI=1S/C19H18F3NO4S/c1-25-15-8-4-6-13(17(15)26-2)10-23-16(24)11-28-18(23)12-5-3-7-14(9-12)27-19(20,21)22/h3-9,18H,10-11H2,1-2H3. The summed E-state index contributed by atoms with van der Waals surface area (Å²) in [7, 11) is 3.03. The number of nitrogens with zero attached hydrogens (tertiary/aromatic N) is 1. The Kier molecular flexibility index (Phi) is 5.93. The molecule has 0 N–H and O–H groups in total. The molecule has 1 fully saturated rings. The van der Waals surface area contributed by atoms with Gasteiger partial charge in [0.05, 0.1) is 26.5 Å². The highest BCUT2D eigenvalue weighted by molar-refractivity contribution is 8.00. The SMILES string of the molecule is COc1cccc(CN2C(=O)CSC2c2cccc(OC(F)(F)F)c2)c1OC. The average molecular weight is 413 g/mol. The van der Waals surface area contributed by atoms with Crippen molar-refractivity contribution in [3.05, 3.63) is 53.6 Å². The van der Waals surface area contributed by atoms with Crippen LogP contribution in [0.15, 0.2) is 42.5 Å². The summed E-state index contributed by atoms with van der Waals surface area (Å²) in [6, 6.07) is 11.0. The summed E-state index contributed by atoms with van der Waals surface area (Å²) in [5, 5.41) is -0.430. The third-order valence-corrected chi connectivity index (χ3v) is 5.43. The lowest BCUT2D eigenvalue weighted by Gasteiger charge is -2.26. The third kappa shape index (κ3) is 4.46. The molecule has 1 unspecified atom stereocenters. The zero-order valence-electron chi connectivity index (χ0n) is 15.2. The number of carbonyl (C=O) groups excluding carboxylic acids is 1. The summed E-state index contributed by atoms with van der Waals surface area (Å²) in [5.74, 6) is 0.867. The number of amides is 1. The minimum atomic E-state index is -4.77. The number of para-hydroxylation sites is 1. The Morgan fingerprint density at radius 1 is 1.14 bits per heavy atom. The molecule has 2 aromatic rings. The van der Waals surface area contributed by atoms with E-state index in [2.05, 4.69) is 4.74 Å². The van der Waals surface area contributed by atoms with Crippen LogP contribution in [-0.4, -0.2) is 37.1 Å². The maximum absolute atomic E-state index is 12.5. The van der Waals surface area contributed by atoms with Crippen LogP contribution < -0.4 is 14.2 Å². The van der Waals surface area contributed by atoms with Crippen LogP contribution in [0.4, 0.5) is 13.2 Å². The number of methoxy groups -OCH3 is 2. The quantitative estimate of drug-likeness (QED) is 0.704. The van der Waals surface area contributed by atoms with Crippen LogP contribution in [0.3, 0.4) is 0 Å². The molecule has 0 aromatic heterocycles. The first-order chi connectivity index (χ1) is 13.3. The maximum atomic E-state index is 12.5. The fourth-order valence-corrected chi connectivity index (χ4v) is 4.21. The van der Waals surface area contributed by atoms with Crippen molar-refractivity contribution >= 4 is 17.7 Å². The zero-order chi connectivity index (χ0) is 20.3. The molecule has 0 bridgehead atoms. The fourth-order valence-electron chi connectivity index (χ4n) is 3.03. The second kappa shape index (κ2) is 8.22.